The van der Waals surface area contributed by atoms with Gasteiger partial charge in [0.25, 0.3) is 0 Å². The van der Waals surface area contributed by atoms with Crippen molar-refractivity contribution < 1.29 is 14.3 Å². The van der Waals surface area contributed by atoms with Crippen molar-refractivity contribution in [1.29, 1.82) is 0 Å². The summed E-state index contributed by atoms with van der Waals surface area (Å²) in [5.41, 5.74) is 3.38. The first kappa shape index (κ1) is 18.2. The molecule has 136 valence electrons. The molecule has 3 rings (SSSR count). The number of rotatable bonds is 6. The molecule has 0 spiro atoms. The average molecular weight is 342 g/mol. The van der Waals surface area contributed by atoms with E-state index in [4.69, 9.17) is 9.47 Å². The largest absolute Gasteiger partial charge is 0.496 e. The first-order valence-electron chi connectivity index (χ1n) is 9.52. The van der Waals surface area contributed by atoms with E-state index in [2.05, 4.69) is 39.0 Å². The van der Waals surface area contributed by atoms with E-state index in [1.54, 1.807) is 7.11 Å². The minimum Gasteiger partial charge on any atom is -0.496 e. The third-order valence-electron chi connectivity index (χ3n) is 5.99. The first-order chi connectivity index (χ1) is 12.0. The van der Waals surface area contributed by atoms with E-state index < -0.39 is 0 Å². The molecule has 25 heavy (non-hydrogen) atoms. The van der Waals surface area contributed by atoms with Crippen molar-refractivity contribution in [3.8, 4) is 5.75 Å². The molecular formula is C22H30O3. The van der Waals surface area contributed by atoms with Crippen LogP contribution < -0.4 is 4.74 Å². The van der Waals surface area contributed by atoms with Crippen LogP contribution in [0.25, 0.3) is 0 Å². The van der Waals surface area contributed by atoms with Gasteiger partial charge in [-0.1, -0.05) is 32.4 Å². The van der Waals surface area contributed by atoms with Gasteiger partial charge in [-0.25, -0.2) is 0 Å². The number of allylic oxidation sites excluding steroid dienone is 1. The van der Waals surface area contributed by atoms with Crippen molar-refractivity contribution >= 4 is 5.78 Å². The molecule has 1 aromatic rings. The summed E-state index contributed by atoms with van der Waals surface area (Å²) >= 11 is 0. The summed E-state index contributed by atoms with van der Waals surface area (Å²) < 4.78 is 11.8. The van der Waals surface area contributed by atoms with Gasteiger partial charge < -0.3 is 9.47 Å². The third-order valence-corrected chi connectivity index (χ3v) is 5.99. The second kappa shape index (κ2) is 7.33. The number of ether oxygens (including phenoxy) is 2. The number of carbonyl (C=O) groups is 1. The number of hydrogen-bond acceptors (Lipinski definition) is 3. The lowest BCUT2D eigenvalue weighted by Gasteiger charge is -2.41. The Labute approximate surface area is 151 Å². The standard InChI is InChI=1S/C22H30O3/c1-5-6-18-14-22(19(9-10-25-22)13-20(18)23)16(3)11-17-8-7-15(2)21(12-17)24-4/h7-8,12-13,16,18H,5-6,9-11,14H2,1-4H3/t16-,18-,22+/m0/s1. The maximum absolute atomic E-state index is 12.4. The van der Waals surface area contributed by atoms with Gasteiger partial charge in [0.2, 0.25) is 0 Å². The van der Waals surface area contributed by atoms with Crippen LogP contribution in [0.15, 0.2) is 29.8 Å². The second-order valence-electron chi connectivity index (χ2n) is 7.66. The highest BCUT2D eigenvalue weighted by atomic mass is 16.5. The van der Waals surface area contributed by atoms with Gasteiger partial charge in [-0.05, 0) is 67.4 Å². The highest BCUT2D eigenvalue weighted by molar-refractivity contribution is 5.94. The van der Waals surface area contributed by atoms with Gasteiger partial charge in [-0.15, -0.1) is 0 Å². The zero-order valence-electron chi connectivity index (χ0n) is 15.9. The van der Waals surface area contributed by atoms with E-state index in [-0.39, 0.29) is 11.5 Å². The lowest BCUT2D eigenvalue weighted by atomic mass is 9.68. The molecule has 1 aliphatic carbocycles. The molecule has 3 nitrogen and oxygen atoms in total. The van der Waals surface area contributed by atoms with Gasteiger partial charge in [0.1, 0.15) is 5.75 Å². The third kappa shape index (κ3) is 3.39. The van der Waals surface area contributed by atoms with Gasteiger partial charge in [-0.3, -0.25) is 4.79 Å². The van der Waals surface area contributed by atoms with Crippen LogP contribution in [0.5, 0.6) is 5.75 Å². The zero-order chi connectivity index (χ0) is 18.0. The maximum atomic E-state index is 12.4. The summed E-state index contributed by atoms with van der Waals surface area (Å²) in [6, 6.07) is 6.44. The van der Waals surface area contributed by atoms with E-state index in [1.807, 2.05) is 6.08 Å². The minimum absolute atomic E-state index is 0.113. The molecule has 0 aromatic heterocycles. The number of methoxy groups -OCH3 is 1. The Kier molecular flexibility index (Phi) is 5.33. The van der Waals surface area contributed by atoms with Crippen LogP contribution in [0.3, 0.4) is 0 Å². The Morgan fingerprint density at radius 1 is 1.40 bits per heavy atom. The maximum Gasteiger partial charge on any atom is 0.158 e. The Morgan fingerprint density at radius 3 is 2.92 bits per heavy atom. The average Bonchev–Trinajstić information content (AvgIpc) is 3.01. The smallest absolute Gasteiger partial charge is 0.158 e. The Bertz CT molecular complexity index is 676. The normalized spacial score (nSPS) is 27.0. The SMILES string of the molecule is CCC[C@H]1C[C@]2([C@@H](C)Cc3ccc(C)c(OC)c3)OCCC2=CC1=O. The molecule has 0 N–H and O–H groups in total. The zero-order valence-corrected chi connectivity index (χ0v) is 15.9. The Hall–Kier alpha value is -1.61. The minimum atomic E-state index is -0.258. The van der Waals surface area contributed by atoms with Crippen molar-refractivity contribution in [2.45, 2.75) is 58.5 Å². The van der Waals surface area contributed by atoms with Gasteiger partial charge >= 0.3 is 0 Å². The fourth-order valence-corrected chi connectivity index (χ4v) is 4.55. The van der Waals surface area contributed by atoms with Crippen LogP contribution in [0.1, 0.15) is 50.7 Å². The topological polar surface area (TPSA) is 35.5 Å². The summed E-state index contributed by atoms with van der Waals surface area (Å²) in [6.07, 6.45) is 6.57. The van der Waals surface area contributed by atoms with E-state index in [0.29, 0.717) is 11.7 Å². The molecule has 1 aromatic carbocycles. The molecule has 3 atom stereocenters. The molecule has 0 bridgehead atoms. The number of carbonyl (C=O) groups excluding carboxylic acids is 1. The van der Waals surface area contributed by atoms with Crippen LogP contribution in [0.2, 0.25) is 0 Å². The number of aryl methyl sites for hydroxylation is 1. The second-order valence-corrected chi connectivity index (χ2v) is 7.66. The molecule has 1 aliphatic heterocycles. The number of hydrogen-bond donors (Lipinski definition) is 0. The highest BCUT2D eigenvalue weighted by Crippen LogP contribution is 2.47. The Balaban J connectivity index is 1.85. The molecular weight excluding hydrogens is 312 g/mol. The van der Waals surface area contributed by atoms with Crippen LogP contribution in [0, 0.1) is 18.8 Å². The van der Waals surface area contributed by atoms with Crippen molar-refractivity contribution in [2.24, 2.45) is 11.8 Å². The first-order valence-corrected chi connectivity index (χ1v) is 9.52. The molecule has 1 heterocycles. The van der Waals surface area contributed by atoms with Crippen molar-refractivity contribution in [3.63, 3.8) is 0 Å². The van der Waals surface area contributed by atoms with E-state index in [9.17, 15) is 4.79 Å². The molecule has 0 amide bonds. The number of ketones is 1. The molecule has 0 saturated carbocycles. The quantitative estimate of drug-likeness (QED) is 0.754. The molecule has 2 aliphatic rings. The summed E-state index contributed by atoms with van der Waals surface area (Å²) in [7, 11) is 1.72. The molecule has 0 radical (unpaired) electrons. The molecule has 1 fully saturated rings. The predicted molar refractivity (Wildman–Crippen MR) is 100 cm³/mol. The lowest BCUT2D eigenvalue weighted by molar-refractivity contribution is -0.123. The summed E-state index contributed by atoms with van der Waals surface area (Å²) in [6.45, 7) is 7.22. The van der Waals surface area contributed by atoms with Crippen molar-refractivity contribution in [3.05, 3.63) is 41.0 Å². The predicted octanol–water partition coefficient (Wildman–Crippen LogP) is 4.66. The van der Waals surface area contributed by atoms with Crippen LogP contribution in [0.4, 0.5) is 0 Å². The summed E-state index contributed by atoms with van der Waals surface area (Å²) in [5.74, 6) is 1.69. The van der Waals surface area contributed by atoms with E-state index >= 15 is 0 Å². The Morgan fingerprint density at radius 2 is 2.20 bits per heavy atom. The summed E-state index contributed by atoms with van der Waals surface area (Å²) in [4.78, 5) is 12.4. The van der Waals surface area contributed by atoms with Crippen molar-refractivity contribution in [1.82, 2.24) is 0 Å². The number of fused-ring (bicyclic) bond motifs is 1. The molecule has 0 unspecified atom stereocenters. The fraction of sp³-hybridized carbons (Fsp3) is 0.591. The monoisotopic (exact) mass is 342 g/mol. The van der Waals surface area contributed by atoms with Crippen LogP contribution >= 0.6 is 0 Å². The van der Waals surface area contributed by atoms with Gasteiger partial charge in [0.15, 0.2) is 5.78 Å². The van der Waals surface area contributed by atoms with Gasteiger partial charge in [-0.2, -0.15) is 0 Å². The fourth-order valence-electron chi connectivity index (χ4n) is 4.55. The number of benzene rings is 1. The molecule has 3 heteroatoms. The van der Waals surface area contributed by atoms with Crippen LogP contribution in [-0.4, -0.2) is 25.1 Å². The van der Waals surface area contributed by atoms with E-state index in [1.165, 1.54) is 11.1 Å². The van der Waals surface area contributed by atoms with Crippen LogP contribution in [-0.2, 0) is 16.0 Å². The lowest BCUT2D eigenvalue weighted by Crippen LogP contribution is -2.44. The van der Waals surface area contributed by atoms with Gasteiger partial charge in [0, 0.05) is 5.92 Å². The van der Waals surface area contributed by atoms with Gasteiger partial charge in [0.05, 0.1) is 19.3 Å². The summed E-state index contributed by atoms with van der Waals surface area (Å²) in [5, 5.41) is 0. The highest BCUT2D eigenvalue weighted by Gasteiger charge is 2.49. The van der Waals surface area contributed by atoms with Crippen molar-refractivity contribution in [2.75, 3.05) is 13.7 Å². The van der Waals surface area contributed by atoms with E-state index in [0.717, 1.165) is 50.0 Å². The molecule has 1 saturated heterocycles.